The molecule has 1 aromatic carbocycles. The SMILES string of the molecule is [C-]#[N+]c1ccc2c(c1)C(c1nc(NCCc3ccccn3)nc3nn(CCC)cc13)C(=O)N2. The summed E-state index contributed by atoms with van der Waals surface area (Å²) >= 11 is 0. The molecule has 164 valence electrons. The van der Waals surface area contributed by atoms with Gasteiger partial charge < -0.3 is 10.6 Å². The molecule has 33 heavy (non-hydrogen) atoms. The number of fused-ring (bicyclic) bond motifs is 2. The standard InChI is InChI=1S/C24H22N8O/c1-3-12-32-14-18-21(20-17-13-16(25-2)7-8-19(17)28-23(20)33)29-24(30-22(18)31-32)27-11-9-15-6-4-5-10-26-15/h4-8,10,13-14,20H,3,9,11-12H2,1H3,(H,28,33)(H,27,30,31). The smallest absolute Gasteiger partial charge is 0.238 e. The van der Waals surface area contributed by atoms with Crippen molar-refractivity contribution in [2.45, 2.75) is 32.2 Å². The lowest BCUT2D eigenvalue weighted by molar-refractivity contribution is -0.116. The minimum atomic E-state index is -0.636. The van der Waals surface area contributed by atoms with Crippen molar-refractivity contribution in [2.24, 2.45) is 0 Å². The van der Waals surface area contributed by atoms with Crippen LogP contribution < -0.4 is 10.6 Å². The number of carbonyl (C=O) groups excluding carboxylic acids is 1. The molecule has 0 spiro atoms. The van der Waals surface area contributed by atoms with Crippen molar-refractivity contribution < 1.29 is 4.79 Å². The number of benzene rings is 1. The van der Waals surface area contributed by atoms with E-state index in [2.05, 4.69) is 37.5 Å². The van der Waals surface area contributed by atoms with Gasteiger partial charge in [0.05, 0.1) is 17.7 Å². The molecule has 2 N–H and O–H groups in total. The number of hydrogen-bond acceptors (Lipinski definition) is 6. The first kappa shape index (κ1) is 20.6. The van der Waals surface area contributed by atoms with E-state index >= 15 is 0 Å². The van der Waals surface area contributed by atoms with E-state index in [0.29, 0.717) is 41.6 Å². The van der Waals surface area contributed by atoms with Gasteiger partial charge in [-0.2, -0.15) is 10.1 Å². The maximum Gasteiger partial charge on any atom is 0.238 e. The molecule has 1 aliphatic rings. The third-order valence-electron chi connectivity index (χ3n) is 5.57. The summed E-state index contributed by atoms with van der Waals surface area (Å²) in [5, 5.41) is 11.5. The highest BCUT2D eigenvalue weighted by molar-refractivity contribution is 6.07. The van der Waals surface area contributed by atoms with Crippen molar-refractivity contribution in [1.82, 2.24) is 24.7 Å². The van der Waals surface area contributed by atoms with Crippen LogP contribution in [0.1, 0.15) is 36.2 Å². The van der Waals surface area contributed by atoms with Crippen LogP contribution >= 0.6 is 0 Å². The minimum absolute atomic E-state index is 0.171. The Labute approximate surface area is 190 Å². The van der Waals surface area contributed by atoms with E-state index < -0.39 is 5.92 Å². The first-order valence-electron chi connectivity index (χ1n) is 10.9. The average molecular weight is 438 g/mol. The number of carbonyl (C=O) groups is 1. The Hall–Kier alpha value is -4.32. The molecule has 4 heterocycles. The Morgan fingerprint density at radius 2 is 2.15 bits per heavy atom. The Kier molecular flexibility index (Phi) is 5.40. The summed E-state index contributed by atoms with van der Waals surface area (Å²) in [7, 11) is 0. The van der Waals surface area contributed by atoms with Gasteiger partial charge in [-0.25, -0.2) is 9.83 Å². The van der Waals surface area contributed by atoms with E-state index in [1.165, 1.54) is 0 Å². The molecule has 1 atom stereocenters. The van der Waals surface area contributed by atoms with Crippen LogP contribution in [0.25, 0.3) is 15.9 Å². The van der Waals surface area contributed by atoms with E-state index in [-0.39, 0.29) is 5.91 Å². The summed E-state index contributed by atoms with van der Waals surface area (Å²) in [5.74, 6) is -0.393. The zero-order chi connectivity index (χ0) is 22.8. The Bertz CT molecular complexity index is 1370. The van der Waals surface area contributed by atoms with E-state index in [1.54, 1.807) is 24.4 Å². The van der Waals surface area contributed by atoms with Crippen molar-refractivity contribution in [3.05, 3.63) is 77.2 Å². The fraction of sp³-hybridized carbons (Fsp3) is 0.250. The molecule has 9 nitrogen and oxygen atoms in total. The fourth-order valence-corrected chi connectivity index (χ4v) is 4.06. The first-order chi connectivity index (χ1) is 16.2. The highest BCUT2D eigenvalue weighted by Crippen LogP contribution is 2.40. The molecular weight excluding hydrogens is 416 g/mol. The number of aryl methyl sites for hydroxylation is 1. The maximum absolute atomic E-state index is 13.0. The normalized spacial score (nSPS) is 14.7. The van der Waals surface area contributed by atoms with Gasteiger partial charge in [-0.05, 0) is 30.2 Å². The first-order valence-corrected chi connectivity index (χ1v) is 10.9. The van der Waals surface area contributed by atoms with E-state index in [4.69, 9.17) is 11.6 Å². The Morgan fingerprint density at radius 3 is 2.94 bits per heavy atom. The quantitative estimate of drug-likeness (QED) is 0.424. The maximum atomic E-state index is 13.0. The zero-order valence-electron chi connectivity index (χ0n) is 18.1. The van der Waals surface area contributed by atoms with Gasteiger partial charge in [0.15, 0.2) is 11.3 Å². The molecule has 0 aliphatic carbocycles. The summed E-state index contributed by atoms with van der Waals surface area (Å²) < 4.78 is 1.84. The second kappa shape index (κ2) is 8.67. The summed E-state index contributed by atoms with van der Waals surface area (Å²) in [6.07, 6.45) is 5.30. The van der Waals surface area contributed by atoms with E-state index in [9.17, 15) is 4.79 Å². The highest BCUT2D eigenvalue weighted by atomic mass is 16.2. The Balaban J connectivity index is 1.54. The summed E-state index contributed by atoms with van der Waals surface area (Å²) in [6.45, 7) is 10.8. The van der Waals surface area contributed by atoms with Crippen molar-refractivity contribution in [2.75, 3.05) is 17.2 Å². The lowest BCUT2D eigenvalue weighted by Gasteiger charge is -2.12. The molecule has 5 rings (SSSR count). The van der Waals surface area contributed by atoms with Crippen molar-refractivity contribution in [3.8, 4) is 0 Å². The highest BCUT2D eigenvalue weighted by Gasteiger charge is 2.35. The van der Waals surface area contributed by atoms with Crippen LogP contribution in [-0.2, 0) is 17.8 Å². The van der Waals surface area contributed by atoms with Crippen LogP contribution in [0.15, 0.2) is 48.8 Å². The van der Waals surface area contributed by atoms with Gasteiger partial charge in [-0.15, -0.1) is 0 Å². The summed E-state index contributed by atoms with van der Waals surface area (Å²) in [6, 6.07) is 11.0. The average Bonchev–Trinajstić information content (AvgIpc) is 3.38. The predicted molar refractivity (Wildman–Crippen MR) is 125 cm³/mol. The molecular formula is C24H22N8O. The third kappa shape index (κ3) is 3.99. The third-order valence-corrected chi connectivity index (χ3v) is 5.57. The number of pyridine rings is 1. The number of aromatic nitrogens is 5. The van der Waals surface area contributed by atoms with Crippen LogP contribution in [0.2, 0.25) is 0 Å². The van der Waals surface area contributed by atoms with Crippen molar-refractivity contribution in [1.29, 1.82) is 0 Å². The van der Waals surface area contributed by atoms with Crippen molar-refractivity contribution >= 4 is 34.3 Å². The van der Waals surface area contributed by atoms with Crippen LogP contribution in [0, 0.1) is 6.57 Å². The van der Waals surface area contributed by atoms with Crippen LogP contribution in [0.5, 0.6) is 0 Å². The number of amides is 1. The fourth-order valence-electron chi connectivity index (χ4n) is 4.06. The largest absolute Gasteiger partial charge is 0.354 e. The number of rotatable bonds is 7. The molecule has 1 unspecified atom stereocenters. The second-order valence-electron chi connectivity index (χ2n) is 7.87. The van der Waals surface area contributed by atoms with Gasteiger partial charge in [0, 0.05) is 43.3 Å². The lowest BCUT2D eigenvalue weighted by Crippen LogP contribution is -2.17. The number of anilines is 2. The molecule has 1 amide bonds. The minimum Gasteiger partial charge on any atom is -0.354 e. The van der Waals surface area contributed by atoms with Crippen molar-refractivity contribution in [3.63, 3.8) is 0 Å². The zero-order valence-corrected chi connectivity index (χ0v) is 18.1. The number of nitrogens with zero attached hydrogens (tertiary/aromatic N) is 6. The van der Waals surface area contributed by atoms with Crippen LogP contribution in [0.3, 0.4) is 0 Å². The molecule has 0 saturated heterocycles. The van der Waals surface area contributed by atoms with Crippen LogP contribution in [0.4, 0.5) is 17.3 Å². The summed E-state index contributed by atoms with van der Waals surface area (Å²) in [4.78, 5) is 30.2. The van der Waals surface area contributed by atoms with Crippen LogP contribution in [-0.4, -0.2) is 37.2 Å². The van der Waals surface area contributed by atoms with E-state index in [1.807, 2.05) is 29.1 Å². The summed E-state index contributed by atoms with van der Waals surface area (Å²) in [5.41, 5.74) is 4.02. The van der Waals surface area contributed by atoms with Gasteiger partial charge >= 0.3 is 0 Å². The molecule has 9 heteroatoms. The topological polar surface area (TPSA) is 102 Å². The number of hydrogen-bond donors (Lipinski definition) is 2. The molecule has 0 bridgehead atoms. The molecule has 3 aromatic heterocycles. The van der Waals surface area contributed by atoms with E-state index in [0.717, 1.165) is 29.6 Å². The molecule has 4 aromatic rings. The lowest BCUT2D eigenvalue weighted by atomic mass is 9.95. The van der Waals surface area contributed by atoms with Gasteiger partial charge in [0.25, 0.3) is 0 Å². The molecule has 0 radical (unpaired) electrons. The second-order valence-corrected chi connectivity index (χ2v) is 7.87. The van der Waals surface area contributed by atoms with Gasteiger partial charge in [-0.3, -0.25) is 14.5 Å². The molecule has 0 saturated carbocycles. The Morgan fingerprint density at radius 1 is 1.24 bits per heavy atom. The van der Waals surface area contributed by atoms with Gasteiger partial charge in [0.1, 0.15) is 5.92 Å². The van der Waals surface area contributed by atoms with Gasteiger partial charge in [-0.1, -0.05) is 25.1 Å². The predicted octanol–water partition coefficient (Wildman–Crippen LogP) is 3.92. The van der Waals surface area contributed by atoms with Gasteiger partial charge in [0.2, 0.25) is 11.9 Å². The molecule has 1 aliphatic heterocycles. The molecule has 0 fully saturated rings. The number of nitrogens with one attached hydrogen (secondary N) is 2. The monoisotopic (exact) mass is 438 g/mol.